The Labute approximate surface area is 336 Å². The van der Waals surface area contributed by atoms with Crippen LogP contribution in [0.2, 0.25) is 0 Å². The summed E-state index contributed by atoms with van der Waals surface area (Å²) < 4.78 is 103. The van der Waals surface area contributed by atoms with Crippen LogP contribution in [0.25, 0.3) is 6.08 Å². The predicted octanol–water partition coefficient (Wildman–Crippen LogP) is 10.7. The monoisotopic (exact) mass is 829 g/mol. The molecular formula is C44H30F7N3O4S. The highest BCUT2D eigenvalue weighted by Crippen LogP contribution is 2.41. The Bertz CT molecular complexity index is 2440. The molecule has 1 unspecified atom stereocenters. The highest BCUT2D eigenvalue weighted by Gasteiger charge is 2.43. The SMILES string of the molecule is O=C(Nc1ccc(SC(C(=O)Nc2c(F)c(F)c(C(F)(F)F)c(F)c2F)c2ccccc2)cc1)/C(=C/c1ccc(OCc2ccccc2)cc1)NC(=O)c1ccccc1. The third kappa shape index (κ3) is 10.6. The zero-order valence-electron chi connectivity index (χ0n) is 30.3. The van der Waals surface area contributed by atoms with Crippen LogP contribution < -0.4 is 20.7 Å². The summed E-state index contributed by atoms with van der Waals surface area (Å²) in [5, 5.41) is 5.72. The van der Waals surface area contributed by atoms with Crippen molar-refractivity contribution >= 4 is 46.9 Å². The fraction of sp³-hybridized carbons (Fsp3) is 0.0682. The summed E-state index contributed by atoms with van der Waals surface area (Å²) in [6, 6.07) is 38.2. The molecule has 0 heterocycles. The fourth-order valence-corrected chi connectivity index (χ4v) is 6.57. The number of hydrogen-bond donors (Lipinski definition) is 3. The minimum atomic E-state index is -5.76. The second kappa shape index (κ2) is 18.6. The molecule has 7 nitrogen and oxygen atoms in total. The van der Waals surface area contributed by atoms with E-state index in [-0.39, 0.29) is 16.9 Å². The summed E-state index contributed by atoms with van der Waals surface area (Å²) in [4.78, 5) is 40.6. The van der Waals surface area contributed by atoms with Crippen molar-refractivity contribution < 1.29 is 49.9 Å². The van der Waals surface area contributed by atoms with E-state index in [9.17, 15) is 45.1 Å². The molecule has 0 aliphatic carbocycles. The molecule has 300 valence electrons. The van der Waals surface area contributed by atoms with E-state index in [4.69, 9.17) is 4.74 Å². The number of ether oxygens (including phenoxy) is 1. The minimum absolute atomic E-state index is 0.105. The molecule has 6 aromatic rings. The van der Waals surface area contributed by atoms with Crippen molar-refractivity contribution in [3.05, 3.63) is 196 Å². The van der Waals surface area contributed by atoms with Gasteiger partial charge in [-0.1, -0.05) is 91.0 Å². The molecule has 15 heteroatoms. The van der Waals surface area contributed by atoms with Crippen molar-refractivity contribution in [1.82, 2.24) is 5.32 Å². The van der Waals surface area contributed by atoms with Crippen LogP contribution in [0.1, 0.15) is 37.9 Å². The maximum Gasteiger partial charge on any atom is 0.422 e. The Morgan fingerprint density at radius 1 is 0.661 bits per heavy atom. The van der Waals surface area contributed by atoms with E-state index in [2.05, 4.69) is 10.6 Å². The summed E-state index contributed by atoms with van der Waals surface area (Å²) in [5.41, 5.74) is -2.24. The molecule has 0 saturated carbocycles. The number of hydrogen-bond acceptors (Lipinski definition) is 5. The van der Waals surface area contributed by atoms with Gasteiger partial charge in [0, 0.05) is 16.1 Å². The second-order valence-corrected chi connectivity index (χ2v) is 13.8. The van der Waals surface area contributed by atoms with Crippen LogP contribution in [0.4, 0.5) is 42.1 Å². The molecular weight excluding hydrogens is 800 g/mol. The van der Waals surface area contributed by atoms with E-state index < -0.39 is 63.7 Å². The van der Waals surface area contributed by atoms with Crippen LogP contribution in [-0.2, 0) is 22.4 Å². The summed E-state index contributed by atoms with van der Waals surface area (Å²) in [6.07, 6.45) is -4.28. The first-order valence-corrected chi connectivity index (χ1v) is 18.4. The van der Waals surface area contributed by atoms with Gasteiger partial charge in [-0.05, 0) is 71.3 Å². The first-order chi connectivity index (χ1) is 28.3. The van der Waals surface area contributed by atoms with Crippen LogP contribution in [-0.4, -0.2) is 17.7 Å². The van der Waals surface area contributed by atoms with E-state index in [1.165, 1.54) is 42.5 Å². The van der Waals surface area contributed by atoms with Gasteiger partial charge in [-0.2, -0.15) is 13.2 Å². The minimum Gasteiger partial charge on any atom is -0.489 e. The third-order valence-electron chi connectivity index (χ3n) is 8.47. The van der Waals surface area contributed by atoms with E-state index in [1.54, 1.807) is 78.1 Å². The number of carbonyl (C=O) groups is 3. The number of amides is 3. The number of benzene rings is 6. The van der Waals surface area contributed by atoms with Gasteiger partial charge in [0.1, 0.15) is 34.6 Å². The molecule has 6 aromatic carbocycles. The Kier molecular flexibility index (Phi) is 13.2. The van der Waals surface area contributed by atoms with Gasteiger partial charge in [0.2, 0.25) is 5.91 Å². The van der Waals surface area contributed by atoms with Gasteiger partial charge in [-0.3, -0.25) is 14.4 Å². The topological polar surface area (TPSA) is 96.5 Å². The zero-order chi connectivity index (χ0) is 42.1. The lowest BCUT2D eigenvalue weighted by molar-refractivity contribution is -0.143. The van der Waals surface area contributed by atoms with Crippen molar-refractivity contribution in [2.75, 3.05) is 10.6 Å². The smallest absolute Gasteiger partial charge is 0.422 e. The van der Waals surface area contributed by atoms with Gasteiger partial charge in [0.05, 0.1) is 0 Å². The number of anilines is 2. The maximum atomic E-state index is 14.7. The lowest BCUT2D eigenvalue weighted by Gasteiger charge is -2.19. The summed E-state index contributed by atoms with van der Waals surface area (Å²) in [7, 11) is 0. The first kappa shape index (κ1) is 41.8. The Hall–Kier alpha value is -6.87. The Morgan fingerprint density at radius 3 is 1.80 bits per heavy atom. The molecule has 0 spiro atoms. The largest absolute Gasteiger partial charge is 0.489 e. The molecule has 0 aliphatic rings. The molecule has 0 aliphatic heterocycles. The van der Waals surface area contributed by atoms with Crippen LogP contribution >= 0.6 is 11.8 Å². The molecule has 0 saturated heterocycles. The summed E-state index contributed by atoms with van der Waals surface area (Å²) in [6.45, 7) is 0.347. The van der Waals surface area contributed by atoms with E-state index in [0.29, 0.717) is 28.4 Å². The molecule has 3 amide bonds. The standard InChI is InChI=1S/C44H30F7N3O4S/c45-35-34(44(49,50)51)36(46)38(48)39(37(35)47)54-43(57)40(28-12-6-2-7-13-28)59-32-22-18-30(19-23-32)52-42(56)33(53-41(55)29-14-8-3-9-15-29)24-26-16-20-31(21-17-26)58-25-27-10-4-1-5-11-27/h1-24,40H,25H2,(H,52,56)(H,53,55)(H,54,57)/b33-24-. The number of rotatable bonds is 13. The Morgan fingerprint density at radius 2 is 1.22 bits per heavy atom. The van der Waals surface area contributed by atoms with Crippen molar-refractivity contribution in [3.63, 3.8) is 0 Å². The lowest BCUT2D eigenvalue weighted by Crippen LogP contribution is -2.30. The van der Waals surface area contributed by atoms with Crippen LogP contribution in [0.15, 0.2) is 150 Å². The molecule has 3 N–H and O–H groups in total. The number of thioether (sulfide) groups is 1. The van der Waals surface area contributed by atoms with E-state index in [0.717, 1.165) is 17.3 Å². The summed E-state index contributed by atoms with van der Waals surface area (Å²) in [5.74, 6) is -12.2. The highest BCUT2D eigenvalue weighted by molar-refractivity contribution is 8.00. The molecule has 0 aromatic heterocycles. The molecule has 1 atom stereocenters. The number of alkyl halides is 3. The van der Waals surface area contributed by atoms with Gasteiger partial charge < -0.3 is 20.7 Å². The van der Waals surface area contributed by atoms with Crippen molar-refractivity contribution in [2.45, 2.75) is 22.9 Å². The van der Waals surface area contributed by atoms with Gasteiger partial charge in [-0.25, -0.2) is 17.6 Å². The van der Waals surface area contributed by atoms with Crippen molar-refractivity contribution in [1.29, 1.82) is 0 Å². The number of carbonyl (C=O) groups excluding carboxylic acids is 3. The molecule has 0 fully saturated rings. The van der Waals surface area contributed by atoms with Crippen molar-refractivity contribution in [3.8, 4) is 5.75 Å². The highest BCUT2D eigenvalue weighted by atomic mass is 32.2. The van der Waals surface area contributed by atoms with Crippen LogP contribution in [0.5, 0.6) is 5.75 Å². The van der Waals surface area contributed by atoms with Crippen LogP contribution in [0, 0.1) is 23.3 Å². The van der Waals surface area contributed by atoms with Crippen LogP contribution in [0.3, 0.4) is 0 Å². The second-order valence-electron chi connectivity index (χ2n) is 12.6. The fourth-order valence-electron chi connectivity index (χ4n) is 5.54. The third-order valence-corrected chi connectivity index (χ3v) is 9.74. The first-order valence-electron chi connectivity index (χ1n) is 17.5. The maximum absolute atomic E-state index is 14.7. The lowest BCUT2D eigenvalue weighted by atomic mass is 10.1. The van der Waals surface area contributed by atoms with E-state index >= 15 is 0 Å². The van der Waals surface area contributed by atoms with Crippen molar-refractivity contribution in [2.24, 2.45) is 0 Å². The van der Waals surface area contributed by atoms with Gasteiger partial charge in [0.15, 0.2) is 23.3 Å². The Balaban J connectivity index is 1.20. The van der Waals surface area contributed by atoms with E-state index in [1.807, 2.05) is 30.3 Å². The zero-order valence-corrected chi connectivity index (χ0v) is 31.1. The molecule has 6 rings (SSSR count). The number of nitrogens with one attached hydrogen (secondary N) is 3. The number of halogens is 7. The van der Waals surface area contributed by atoms with Gasteiger partial charge in [0.25, 0.3) is 11.8 Å². The average molecular weight is 830 g/mol. The summed E-state index contributed by atoms with van der Waals surface area (Å²) >= 11 is 0.826. The predicted molar refractivity (Wildman–Crippen MR) is 209 cm³/mol. The molecule has 0 radical (unpaired) electrons. The van der Waals surface area contributed by atoms with Gasteiger partial charge in [-0.15, -0.1) is 11.8 Å². The molecule has 59 heavy (non-hydrogen) atoms. The molecule has 0 bridgehead atoms. The normalized spacial score (nSPS) is 12.0. The van der Waals surface area contributed by atoms with Gasteiger partial charge >= 0.3 is 6.18 Å². The quantitative estimate of drug-likeness (QED) is 0.0466. The average Bonchev–Trinajstić information content (AvgIpc) is 3.24.